The number of nitrogens with two attached hydrogens (primary N) is 1. The fourth-order valence-corrected chi connectivity index (χ4v) is 3.14. The number of rotatable bonds is 4. The molecule has 3 rings (SSSR count). The van der Waals surface area contributed by atoms with Crippen LogP contribution in [0, 0.1) is 11.6 Å². The number of hydrogen-bond donors (Lipinski definition) is 1. The zero-order valence-corrected chi connectivity index (χ0v) is 12.8. The van der Waals surface area contributed by atoms with Gasteiger partial charge in [0.15, 0.2) is 11.6 Å². The van der Waals surface area contributed by atoms with E-state index in [1.807, 2.05) is 0 Å². The first-order chi connectivity index (χ1) is 11.5. The molecule has 124 valence electrons. The highest BCUT2D eigenvalue weighted by atomic mass is 19.2. The summed E-state index contributed by atoms with van der Waals surface area (Å²) in [6, 6.07) is 10.2. The summed E-state index contributed by atoms with van der Waals surface area (Å²) in [4.78, 5) is 25.5. The predicted octanol–water partition coefficient (Wildman–Crippen LogP) is 2.58. The number of amides is 2. The molecule has 1 aliphatic rings. The summed E-state index contributed by atoms with van der Waals surface area (Å²) in [5.74, 6) is -2.90. The molecular weight excluding hydrogens is 314 g/mol. The van der Waals surface area contributed by atoms with Gasteiger partial charge in [0.1, 0.15) is 6.54 Å². The van der Waals surface area contributed by atoms with E-state index in [-0.39, 0.29) is 12.5 Å². The highest BCUT2D eigenvalue weighted by Gasteiger charge is 2.33. The first-order valence-corrected chi connectivity index (χ1v) is 7.59. The van der Waals surface area contributed by atoms with E-state index in [9.17, 15) is 18.4 Å². The van der Waals surface area contributed by atoms with Crippen molar-refractivity contribution in [2.24, 2.45) is 5.73 Å². The zero-order chi connectivity index (χ0) is 17.3. The number of nitrogens with zero attached hydrogens (tertiary/aromatic N) is 1. The Morgan fingerprint density at radius 1 is 1.12 bits per heavy atom. The van der Waals surface area contributed by atoms with Gasteiger partial charge in [0.25, 0.3) is 5.91 Å². The monoisotopic (exact) mass is 330 g/mol. The standard InChI is InChI=1S/C18H16F2N2O2/c19-14-8-12-6-7-16(13(12)9-15(14)20)22(10-17(21)23)18(24)11-4-2-1-3-5-11/h1-5,8-9,16H,6-7,10H2,(H2,21,23). The quantitative estimate of drug-likeness (QED) is 0.936. The molecule has 2 aromatic rings. The third kappa shape index (κ3) is 2.99. The van der Waals surface area contributed by atoms with Gasteiger partial charge in [-0.1, -0.05) is 18.2 Å². The van der Waals surface area contributed by atoms with Crippen LogP contribution in [0.4, 0.5) is 8.78 Å². The lowest BCUT2D eigenvalue weighted by Gasteiger charge is -2.29. The second-order valence-electron chi connectivity index (χ2n) is 5.78. The Balaban J connectivity index is 1.99. The smallest absolute Gasteiger partial charge is 0.254 e. The molecule has 2 N–H and O–H groups in total. The van der Waals surface area contributed by atoms with Crippen LogP contribution < -0.4 is 5.73 Å². The van der Waals surface area contributed by atoms with Crippen LogP contribution in [0.2, 0.25) is 0 Å². The van der Waals surface area contributed by atoms with Crippen molar-refractivity contribution in [1.29, 1.82) is 0 Å². The number of halogens is 2. The average Bonchev–Trinajstić information content (AvgIpc) is 2.95. The summed E-state index contributed by atoms with van der Waals surface area (Å²) in [6.07, 6.45) is 0.999. The maximum absolute atomic E-state index is 13.6. The number of hydrogen-bond acceptors (Lipinski definition) is 2. The first-order valence-electron chi connectivity index (χ1n) is 7.59. The summed E-state index contributed by atoms with van der Waals surface area (Å²) in [7, 11) is 0. The lowest BCUT2D eigenvalue weighted by atomic mass is 10.0. The second kappa shape index (κ2) is 6.39. The zero-order valence-electron chi connectivity index (χ0n) is 12.8. The summed E-state index contributed by atoms with van der Waals surface area (Å²) in [5.41, 5.74) is 6.87. The van der Waals surface area contributed by atoms with Crippen LogP contribution in [0.15, 0.2) is 42.5 Å². The lowest BCUT2D eigenvalue weighted by molar-refractivity contribution is -0.119. The SMILES string of the molecule is NC(=O)CN(C(=O)c1ccccc1)C1CCc2cc(F)c(F)cc21. The molecule has 1 unspecified atom stereocenters. The molecule has 2 aromatic carbocycles. The maximum Gasteiger partial charge on any atom is 0.254 e. The number of aryl methyl sites for hydroxylation is 1. The van der Waals surface area contributed by atoms with E-state index in [4.69, 9.17) is 5.73 Å². The van der Waals surface area contributed by atoms with E-state index in [0.717, 1.165) is 12.1 Å². The summed E-state index contributed by atoms with van der Waals surface area (Å²) in [6.45, 7) is -0.281. The molecule has 1 aliphatic carbocycles. The van der Waals surface area contributed by atoms with Crippen molar-refractivity contribution in [3.63, 3.8) is 0 Å². The van der Waals surface area contributed by atoms with E-state index in [1.54, 1.807) is 30.3 Å². The number of primary amides is 1. The van der Waals surface area contributed by atoms with Crippen molar-refractivity contribution < 1.29 is 18.4 Å². The van der Waals surface area contributed by atoms with E-state index in [0.29, 0.717) is 29.5 Å². The van der Waals surface area contributed by atoms with Crippen molar-refractivity contribution in [3.05, 3.63) is 70.8 Å². The first kappa shape index (κ1) is 16.1. The number of carbonyl (C=O) groups excluding carboxylic acids is 2. The molecular formula is C18H16F2N2O2. The van der Waals surface area contributed by atoms with Crippen molar-refractivity contribution in [3.8, 4) is 0 Å². The van der Waals surface area contributed by atoms with Crippen LogP contribution >= 0.6 is 0 Å². The van der Waals surface area contributed by atoms with Gasteiger partial charge < -0.3 is 10.6 Å². The van der Waals surface area contributed by atoms with Gasteiger partial charge in [0.2, 0.25) is 5.91 Å². The van der Waals surface area contributed by atoms with Gasteiger partial charge in [0.05, 0.1) is 6.04 Å². The Hall–Kier alpha value is -2.76. The fourth-order valence-electron chi connectivity index (χ4n) is 3.14. The molecule has 2 amide bonds. The molecule has 0 heterocycles. The molecule has 0 bridgehead atoms. The average molecular weight is 330 g/mol. The van der Waals surface area contributed by atoms with Crippen LogP contribution in [0.5, 0.6) is 0 Å². The molecule has 1 atom stereocenters. The largest absolute Gasteiger partial charge is 0.368 e. The Morgan fingerprint density at radius 3 is 2.46 bits per heavy atom. The van der Waals surface area contributed by atoms with Crippen LogP contribution in [-0.2, 0) is 11.2 Å². The van der Waals surface area contributed by atoms with Gasteiger partial charge in [-0.3, -0.25) is 9.59 Å². The minimum absolute atomic E-state index is 0.281. The molecule has 0 saturated heterocycles. The Bertz CT molecular complexity index is 793. The van der Waals surface area contributed by atoms with Gasteiger partial charge in [-0.2, -0.15) is 0 Å². The van der Waals surface area contributed by atoms with Crippen molar-refractivity contribution in [2.45, 2.75) is 18.9 Å². The van der Waals surface area contributed by atoms with Crippen LogP contribution in [0.3, 0.4) is 0 Å². The second-order valence-corrected chi connectivity index (χ2v) is 5.78. The summed E-state index contributed by atoms with van der Waals surface area (Å²) < 4.78 is 27.0. The number of fused-ring (bicyclic) bond motifs is 1. The molecule has 0 aliphatic heterocycles. The Labute approximate surface area is 137 Å². The lowest BCUT2D eigenvalue weighted by Crippen LogP contribution is -2.40. The van der Waals surface area contributed by atoms with E-state index < -0.39 is 23.6 Å². The van der Waals surface area contributed by atoms with E-state index in [1.165, 1.54) is 4.90 Å². The molecule has 0 spiro atoms. The van der Waals surface area contributed by atoms with E-state index >= 15 is 0 Å². The summed E-state index contributed by atoms with van der Waals surface area (Å²) >= 11 is 0. The maximum atomic E-state index is 13.6. The Morgan fingerprint density at radius 2 is 1.79 bits per heavy atom. The highest BCUT2D eigenvalue weighted by Crippen LogP contribution is 2.37. The van der Waals surface area contributed by atoms with Crippen molar-refractivity contribution in [2.75, 3.05) is 6.54 Å². The van der Waals surface area contributed by atoms with E-state index in [2.05, 4.69) is 0 Å². The van der Waals surface area contributed by atoms with Gasteiger partial charge in [-0.15, -0.1) is 0 Å². The van der Waals surface area contributed by atoms with Gasteiger partial charge >= 0.3 is 0 Å². The molecule has 0 saturated carbocycles. The van der Waals surface area contributed by atoms with Crippen molar-refractivity contribution >= 4 is 11.8 Å². The Kier molecular flexibility index (Phi) is 4.29. The normalized spacial score (nSPS) is 15.8. The predicted molar refractivity (Wildman–Crippen MR) is 84.1 cm³/mol. The summed E-state index contributed by atoms with van der Waals surface area (Å²) in [5, 5.41) is 0. The fraction of sp³-hybridized carbons (Fsp3) is 0.222. The highest BCUT2D eigenvalue weighted by molar-refractivity contribution is 5.96. The third-order valence-corrected chi connectivity index (χ3v) is 4.21. The van der Waals surface area contributed by atoms with Crippen LogP contribution in [-0.4, -0.2) is 23.3 Å². The van der Waals surface area contributed by atoms with Gasteiger partial charge in [-0.05, 0) is 48.2 Å². The minimum Gasteiger partial charge on any atom is -0.368 e. The van der Waals surface area contributed by atoms with Crippen molar-refractivity contribution in [1.82, 2.24) is 4.90 Å². The van der Waals surface area contributed by atoms with Gasteiger partial charge in [-0.25, -0.2) is 8.78 Å². The molecule has 6 heteroatoms. The molecule has 24 heavy (non-hydrogen) atoms. The molecule has 0 radical (unpaired) electrons. The third-order valence-electron chi connectivity index (χ3n) is 4.21. The van der Waals surface area contributed by atoms with Crippen LogP contribution in [0.25, 0.3) is 0 Å². The number of benzene rings is 2. The molecule has 0 aromatic heterocycles. The minimum atomic E-state index is -0.966. The van der Waals surface area contributed by atoms with Gasteiger partial charge in [0, 0.05) is 5.56 Å². The topological polar surface area (TPSA) is 63.4 Å². The van der Waals surface area contributed by atoms with Crippen LogP contribution in [0.1, 0.15) is 33.9 Å². The number of carbonyl (C=O) groups is 2. The molecule has 4 nitrogen and oxygen atoms in total. The molecule has 0 fully saturated rings.